The number of alkyl halides is 3. The molecule has 1 aliphatic rings. The summed E-state index contributed by atoms with van der Waals surface area (Å²) in [6.45, 7) is 1.86. The lowest BCUT2D eigenvalue weighted by molar-refractivity contribution is -0.137. The maximum atomic E-state index is 13.4. The van der Waals surface area contributed by atoms with Crippen molar-refractivity contribution >= 4 is 28.9 Å². The van der Waals surface area contributed by atoms with Crippen molar-refractivity contribution < 1.29 is 22.4 Å². The quantitative estimate of drug-likeness (QED) is 0.711. The van der Waals surface area contributed by atoms with E-state index in [0.29, 0.717) is 6.42 Å². The number of anilines is 2. The van der Waals surface area contributed by atoms with Gasteiger partial charge in [-0.05, 0) is 61.7 Å². The first-order valence-corrected chi connectivity index (χ1v) is 8.74. The number of aryl methyl sites for hydroxylation is 1. The van der Waals surface area contributed by atoms with E-state index in [1.807, 2.05) is 11.8 Å². The molecule has 2 aromatic carbocycles. The van der Waals surface area contributed by atoms with E-state index < -0.39 is 17.6 Å². The molecular formula is C19H17ClF4N2O. The lowest BCUT2D eigenvalue weighted by Crippen LogP contribution is -2.42. The van der Waals surface area contributed by atoms with Crippen LogP contribution in [0.25, 0.3) is 0 Å². The van der Waals surface area contributed by atoms with Gasteiger partial charge in [0, 0.05) is 11.7 Å². The monoisotopic (exact) mass is 400 g/mol. The molecule has 0 bridgehead atoms. The molecule has 0 saturated carbocycles. The van der Waals surface area contributed by atoms with Gasteiger partial charge in [0.25, 0.3) is 0 Å². The van der Waals surface area contributed by atoms with Crippen molar-refractivity contribution in [2.45, 2.75) is 32.0 Å². The molecule has 8 heteroatoms. The molecule has 1 N–H and O–H groups in total. The van der Waals surface area contributed by atoms with Crippen LogP contribution in [0.15, 0.2) is 36.4 Å². The van der Waals surface area contributed by atoms with E-state index in [0.717, 1.165) is 35.9 Å². The molecule has 0 spiro atoms. The van der Waals surface area contributed by atoms with Gasteiger partial charge in [0.2, 0.25) is 5.91 Å². The van der Waals surface area contributed by atoms with Gasteiger partial charge in [0.1, 0.15) is 5.82 Å². The standard InChI is InChI=1S/C19H17ClF4N2O/c1-11-2-3-12-8-14(21)5-7-17(12)26(11)10-18(27)25-16-9-13(19(22,23)24)4-6-15(16)20/h4-9,11H,2-3,10H2,1H3,(H,25,27). The van der Waals surface area contributed by atoms with Crippen LogP contribution in [-0.4, -0.2) is 18.5 Å². The number of nitrogens with zero attached hydrogens (tertiary/aromatic N) is 1. The number of amides is 1. The van der Waals surface area contributed by atoms with Crippen LogP contribution in [0.3, 0.4) is 0 Å². The van der Waals surface area contributed by atoms with Crippen LogP contribution in [0.2, 0.25) is 5.02 Å². The van der Waals surface area contributed by atoms with E-state index in [1.165, 1.54) is 12.1 Å². The lowest BCUT2D eigenvalue weighted by atomic mass is 9.96. The molecule has 1 heterocycles. The molecule has 27 heavy (non-hydrogen) atoms. The Morgan fingerprint density at radius 1 is 1.26 bits per heavy atom. The Morgan fingerprint density at radius 3 is 2.70 bits per heavy atom. The van der Waals surface area contributed by atoms with Crippen LogP contribution in [0.4, 0.5) is 28.9 Å². The molecular weight excluding hydrogens is 384 g/mol. The Morgan fingerprint density at radius 2 is 2.00 bits per heavy atom. The third-order valence-electron chi connectivity index (χ3n) is 4.60. The number of hydrogen-bond acceptors (Lipinski definition) is 2. The topological polar surface area (TPSA) is 32.3 Å². The fourth-order valence-electron chi connectivity index (χ4n) is 3.18. The number of nitrogens with one attached hydrogen (secondary N) is 1. The van der Waals surface area contributed by atoms with Crippen LogP contribution < -0.4 is 10.2 Å². The van der Waals surface area contributed by atoms with Crippen molar-refractivity contribution in [3.63, 3.8) is 0 Å². The predicted octanol–water partition coefficient (Wildman–Crippen LogP) is 5.28. The van der Waals surface area contributed by atoms with Crippen LogP contribution in [0.5, 0.6) is 0 Å². The van der Waals surface area contributed by atoms with E-state index in [2.05, 4.69) is 5.32 Å². The SMILES string of the molecule is CC1CCc2cc(F)ccc2N1CC(=O)Nc1cc(C(F)(F)F)ccc1Cl. The summed E-state index contributed by atoms with van der Waals surface area (Å²) in [4.78, 5) is 14.3. The van der Waals surface area contributed by atoms with Crippen molar-refractivity contribution in [1.29, 1.82) is 0 Å². The van der Waals surface area contributed by atoms with Crippen molar-refractivity contribution in [3.8, 4) is 0 Å². The summed E-state index contributed by atoms with van der Waals surface area (Å²) >= 11 is 5.92. The van der Waals surface area contributed by atoms with E-state index in [4.69, 9.17) is 11.6 Å². The normalized spacial score (nSPS) is 16.8. The Bertz CT molecular complexity index is 869. The fourth-order valence-corrected chi connectivity index (χ4v) is 3.34. The van der Waals surface area contributed by atoms with Crippen LogP contribution in [0.1, 0.15) is 24.5 Å². The number of halogens is 5. The van der Waals surface area contributed by atoms with Gasteiger partial charge in [-0.25, -0.2) is 4.39 Å². The Hall–Kier alpha value is -2.28. The Kier molecular flexibility index (Phi) is 5.33. The van der Waals surface area contributed by atoms with Gasteiger partial charge in [0.15, 0.2) is 0 Å². The Balaban J connectivity index is 1.79. The number of fused-ring (bicyclic) bond motifs is 1. The average molecular weight is 401 g/mol. The number of rotatable bonds is 3. The number of benzene rings is 2. The zero-order valence-corrected chi connectivity index (χ0v) is 15.2. The van der Waals surface area contributed by atoms with Gasteiger partial charge < -0.3 is 10.2 Å². The van der Waals surface area contributed by atoms with Crippen LogP contribution in [0, 0.1) is 5.82 Å². The zero-order valence-electron chi connectivity index (χ0n) is 14.4. The molecule has 2 aromatic rings. The molecule has 0 aliphatic carbocycles. The van der Waals surface area contributed by atoms with Gasteiger partial charge in [-0.1, -0.05) is 11.6 Å². The molecule has 144 valence electrons. The van der Waals surface area contributed by atoms with E-state index in [1.54, 1.807) is 6.07 Å². The summed E-state index contributed by atoms with van der Waals surface area (Å²) in [5.41, 5.74) is 0.563. The van der Waals surface area contributed by atoms with Gasteiger partial charge in [-0.3, -0.25) is 4.79 Å². The first-order chi connectivity index (χ1) is 12.6. The molecule has 1 aliphatic heterocycles. The van der Waals surface area contributed by atoms with E-state index >= 15 is 0 Å². The second-order valence-electron chi connectivity index (χ2n) is 6.53. The number of carbonyl (C=O) groups is 1. The highest BCUT2D eigenvalue weighted by Gasteiger charge is 2.31. The second-order valence-corrected chi connectivity index (χ2v) is 6.94. The molecule has 1 unspecified atom stereocenters. The number of hydrogen-bond donors (Lipinski definition) is 1. The summed E-state index contributed by atoms with van der Waals surface area (Å²) in [7, 11) is 0. The minimum Gasteiger partial charge on any atom is -0.359 e. The first kappa shape index (κ1) is 19.5. The smallest absolute Gasteiger partial charge is 0.359 e. The highest BCUT2D eigenvalue weighted by atomic mass is 35.5. The van der Waals surface area contributed by atoms with Crippen molar-refractivity contribution in [1.82, 2.24) is 0 Å². The average Bonchev–Trinajstić information content (AvgIpc) is 2.58. The van der Waals surface area contributed by atoms with Gasteiger partial charge in [-0.15, -0.1) is 0 Å². The van der Waals surface area contributed by atoms with Crippen molar-refractivity contribution in [2.75, 3.05) is 16.8 Å². The fraction of sp³-hybridized carbons (Fsp3) is 0.316. The largest absolute Gasteiger partial charge is 0.416 e. The first-order valence-electron chi connectivity index (χ1n) is 8.37. The molecule has 1 amide bonds. The predicted molar refractivity (Wildman–Crippen MR) is 96.6 cm³/mol. The molecule has 1 atom stereocenters. The maximum Gasteiger partial charge on any atom is 0.416 e. The molecule has 0 radical (unpaired) electrons. The summed E-state index contributed by atoms with van der Waals surface area (Å²) in [5, 5.41) is 2.47. The molecule has 0 aromatic heterocycles. The molecule has 3 rings (SSSR count). The van der Waals surface area contributed by atoms with E-state index in [9.17, 15) is 22.4 Å². The van der Waals surface area contributed by atoms with Crippen molar-refractivity contribution in [2.24, 2.45) is 0 Å². The minimum atomic E-state index is -4.53. The minimum absolute atomic E-state index is 0.0190. The zero-order chi connectivity index (χ0) is 19.8. The van der Waals surface area contributed by atoms with E-state index in [-0.39, 0.29) is 29.1 Å². The highest BCUT2D eigenvalue weighted by molar-refractivity contribution is 6.33. The van der Waals surface area contributed by atoms with Crippen molar-refractivity contribution in [3.05, 3.63) is 58.4 Å². The second kappa shape index (κ2) is 7.38. The summed E-state index contributed by atoms with van der Waals surface area (Å²) in [6.07, 6.45) is -3.09. The van der Waals surface area contributed by atoms with Gasteiger partial charge in [0.05, 0.1) is 22.8 Å². The summed E-state index contributed by atoms with van der Waals surface area (Å²) < 4.78 is 52.0. The van der Waals surface area contributed by atoms with Crippen LogP contribution >= 0.6 is 11.6 Å². The highest BCUT2D eigenvalue weighted by Crippen LogP contribution is 2.34. The molecule has 0 saturated heterocycles. The summed E-state index contributed by atoms with van der Waals surface area (Å²) in [6, 6.07) is 7.18. The van der Waals surface area contributed by atoms with Crippen LogP contribution in [-0.2, 0) is 17.4 Å². The number of carbonyl (C=O) groups excluding carboxylic acids is 1. The molecule has 0 fully saturated rings. The third kappa shape index (κ3) is 4.35. The molecule has 3 nitrogen and oxygen atoms in total. The van der Waals surface area contributed by atoms with Gasteiger partial charge in [-0.2, -0.15) is 13.2 Å². The lowest BCUT2D eigenvalue weighted by Gasteiger charge is -2.36. The summed E-state index contributed by atoms with van der Waals surface area (Å²) in [5.74, 6) is -0.844. The maximum absolute atomic E-state index is 13.4. The third-order valence-corrected chi connectivity index (χ3v) is 4.93. The van der Waals surface area contributed by atoms with Gasteiger partial charge >= 0.3 is 6.18 Å². The Labute approximate surface area is 158 Å².